The molecule has 0 aliphatic heterocycles. The van der Waals surface area contributed by atoms with Gasteiger partial charge in [0, 0.05) is 19.2 Å². The van der Waals surface area contributed by atoms with Crippen molar-refractivity contribution in [2.24, 2.45) is 5.41 Å². The van der Waals surface area contributed by atoms with Gasteiger partial charge in [-0.2, -0.15) is 0 Å². The largest absolute Gasteiger partial charge is 0.312 e. The van der Waals surface area contributed by atoms with Crippen LogP contribution >= 0.6 is 0 Å². The van der Waals surface area contributed by atoms with E-state index in [2.05, 4.69) is 12.2 Å². The summed E-state index contributed by atoms with van der Waals surface area (Å²) in [6, 6.07) is 3.65. The van der Waals surface area contributed by atoms with Crippen LogP contribution in [0, 0.1) is 17.0 Å². The second-order valence-corrected chi connectivity index (χ2v) is 5.05. The first-order chi connectivity index (χ1) is 7.57. The first-order valence-corrected chi connectivity index (χ1v) is 5.73. The Kier molecular flexibility index (Phi) is 3.24. The fraction of sp³-hybridized carbons (Fsp3) is 0.538. The van der Waals surface area contributed by atoms with Crippen molar-refractivity contribution < 1.29 is 8.78 Å². The van der Waals surface area contributed by atoms with E-state index in [-0.39, 0.29) is 0 Å². The van der Waals surface area contributed by atoms with Crippen molar-refractivity contribution in [3.8, 4) is 0 Å². The SMILES string of the molecule is CC1(CNCc2cc(F)cc(F)c2)CCC1. The van der Waals surface area contributed by atoms with Crippen LogP contribution < -0.4 is 5.32 Å². The Morgan fingerprint density at radius 3 is 2.31 bits per heavy atom. The zero-order chi connectivity index (χ0) is 11.6. The van der Waals surface area contributed by atoms with Crippen molar-refractivity contribution in [3.05, 3.63) is 35.4 Å². The third-order valence-electron chi connectivity index (χ3n) is 3.36. The molecule has 0 heterocycles. The highest BCUT2D eigenvalue weighted by molar-refractivity contribution is 5.17. The standard InChI is InChI=1S/C13H17F2N/c1-13(3-2-4-13)9-16-8-10-5-11(14)7-12(15)6-10/h5-7,16H,2-4,8-9H2,1H3. The summed E-state index contributed by atoms with van der Waals surface area (Å²) < 4.78 is 25.8. The van der Waals surface area contributed by atoms with E-state index in [1.807, 2.05) is 0 Å². The van der Waals surface area contributed by atoms with E-state index in [0.29, 0.717) is 17.5 Å². The van der Waals surface area contributed by atoms with Gasteiger partial charge in [0.25, 0.3) is 0 Å². The van der Waals surface area contributed by atoms with Crippen LogP contribution in [0.4, 0.5) is 8.78 Å². The van der Waals surface area contributed by atoms with Crippen molar-refractivity contribution in [3.63, 3.8) is 0 Å². The molecule has 1 aliphatic rings. The van der Waals surface area contributed by atoms with E-state index in [1.54, 1.807) is 0 Å². The van der Waals surface area contributed by atoms with Crippen LogP contribution in [0.25, 0.3) is 0 Å². The molecule has 88 valence electrons. The molecule has 0 radical (unpaired) electrons. The summed E-state index contributed by atoms with van der Waals surface area (Å²) >= 11 is 0. The van der Waals surface area contributed by atoms with Gasteiger partial charge in [0.1, 0.15) is 11.6 Å². The summed E-state index contributed by atoms with van der Waals surface area (Å²) in [7, 11) is 0. The highest BCUT2D eigenvalue weighted by atomic mass is 19.1. The number of hydrogen-bond donors (Lipinski definition) is 1. The maximum absolute atomic E-state index is 12.9. The van der Waals surface area contributed by atoms with E-state index < -0.39 is 11.6 Å². The molecule has 16 heavy (non-hydrogen) atoms. The van der Waals surface area contributed by atoms with Gasteiger partial charge < -0.3 is 5.32 Å². The fourth-order valence-corrected chi connectivity index (χ4v) is 2.18. The van der Waals surface area contributed by atoms with Gasteiger partial charge in [-0.1, -0.05) is 13.3 Å². The first-order valence-electron chi connectivity index (χ1n) is 5.73. The highest BCUT2D eigenvalue weighted by Gasteiger charge is 2.30. The van der Waals surface area contributed by atoms with Crippen LogP contribution in [0.3, 0.4) is 0 Å². The maximum atomic E-state index is 12.9. The zero-order valence-electron chi connectivity index (χ0n) is 9.52. The van der Waals surface area contributed by atoms with E-state index >= 15 is 0 Å². The quantitative estimate of drug-likeness (QED) is 0.829. The third kappa shape index (κ3) is 2.79. The Morgan fingerprint density at radius 1 is 1.19 bits per heavy atom. The molecule has 0 unspecified atom stereocenters. The van der Waals surface area contributed by atoms with Gasteiger partial charge in [-0.25, -0.2) is 8.78 Å². The summed E-state index contributed by atoms with van der Waals surface area (Å²) in [6.45, 7) is 3.70. The van der Waals surface area contributed by atoms with Crippen LogP contribution in [-0.2, 0) is 6.54 Å². The van der Waals surface area contributed by atoms with Crippen LogP contribution in [-0.4, -0.2) is 6.54 Å². The Bertz CT molecular complexity index is 352. The average Bonchev–Trinajstić information content (AvgIpc) is 2.13. The predicted molar refractivity (Wildman–Crippen MR) is 60.0 cm³/mol. The Labute approximate surface area is 94.9 Å². The molecular formula is C13H17F2N. The fourth-order valence-electron chi connectivity index (χ4n) is 2.18. The molecule has 1 aromatic carbocycles. The maximum Gasteiger partial charge on any atom is 0.126 e. The Morgan fingerprint density at radius 2 is 1.81 bits per heavy atom. The molecule has 1 nitrogen and oxygen atoms in total. The van der Waals surface area contributed by atoms with Crippen LogP contribution in [0.15, 0.2) is 18.2 Å². The lowest BCUT2D eigenvalue weighted by molar-refractivity contribution is 0.156. The molecule has 1 aliphatic carbocycles. The molecule has 1 saturated carbocycles. The van der Waals surface area contributed by atoms with E-state index in [9.17, 15) is 8.78 Å². The van der Waals surface area contributed by atoms with Crippen LogP contribution in [0.5, 0.6) is 0 Å². The molecule has 1 aromatic rings. The van der Waals surface area contributed by atoms with Crippen molar-refractivity contribution in [1.82, 2.24) is 5.32 Å². The molecular weight excluding hydrogens is 208 g/mol. The van der Waals surface area contributed by atoms with Crippen LogP contribution in [0.2, 0.25) is 0 Å². The van der Waals surface area contributed by atoms with Gasteiger partial charge >= 0.3 is 0 Å². The normalized spacial score (nSPS) is 18.2. The Hall–Kier alpha value is -0.960. The van der Waals surface area contributed by atoms with Crippen molar-refractivity contribution >= 4 is 0 Å². The molecule has 0 bridgehead atoms. The second kappa shape index (κ2) is 4.50. The van der Waals surface area contributed by atoms with Crippen LogP contribution in [0.1, 0.15) is 31.7 Å². The minimum absolute atomic E-state index is 0.395. The highest BCUT2D eigenvalue weighted by Crippen LogP contribution is 2.39. The number of halogens is 2. The number of nitrogens with one attached hydrogen (secondary N) is 1. The van der Waals surface area contributed by atoms with Gasteiger partial charge in [0.05, 0.1) is 0 Å². The smallest absolute Gasteiger partial charge is 0.126 e. The summed E-state index contributed by atoms with van der Waals surface area (Å²) in [6.07, 6.45) is 3.79. The molecule has 3 heteroatoms. The van der Waals surface area contributed by atoms with Crippen molar-refractivity contribution in [2.75, 3.05) is 6.54 Å². The lowest BCUT2D eigenvalue weighted by Gasteiger charge is -2.38. The monoisotopic (exact) mass is 225 g/mol. The van der Waals surface area contributed by atoms with Gasteiger partial charge in [-0.15, -0.1) is 0 Å². The van der Waals surface area contributed by atoms with E-state index in [0.717, 1.165) is 12.6 Å². The van der Waals surface area contributed by atoms with Gasteiger partial charge in [-0.05, 0) is 36.0 Å². The Balaban J connectivity index is 1.84. The molecule has 0 amide bonds. The topological polar surface area (TPSA) is 12.0 Å². The lowest BCUT2D eigenvalue weighted by atomic mass is 9.70. The predicted octanol–water partition coefficient (Wildman–Crippen LogP) is 3.24. The minimum atomic E-state index is -0.508. The summed E-state index contributed by atoms with van der Waals surface area (Å²) in [5, 5.41) is 3.27. The minimum Gasteiger partial charge on any atom is -0.312 e. The molecule has 0 spiro atoms. The zero-order valence-corrected chi connectivity index (χ0v) is 9.52. The molecule has 0 atom stereocenters. The van der Waals surface area contributed by atoms with Gasteiger partial charge in [0.2, 0.25) is 0 Å². The number of hydrogen-bond acceptors (Lipinski definition) is 1. The lowest BCUT2D eigenvalue weighted by Crippen LogP contribution is -2.36. The summed E-state index contributed by atoms with van der Waals surface area (Å²) in [4.78, 5) is 0. The van der Waals surface area contributed by atoms with E-state index in [4.69, 9.17) is 0 Å². The first kappa shape index (κ1) is 11.5. The second-order valence-electron chi connectivity index (χ2n) is 5.05. The van der Waals surface area contributed by atoms with Crippen molar-refractivity contribution in [1.29, 1.82) is 0 Å². The number of rotatable bonds is 4. The molecule has 0 saturated heterocycles. The molecule has 0 aromatic heterocycles. The average molecular weight is 225 g/mol. The van der Waals surface area contributed by atoms with E-state index in [1.165, 1.54) is 31.4 Å². The summed E-state index contributed by atoms with van der Waals surface area (Å²) in [5.74, 6) is -1.02. The van der Waals surface area contributed by atoms with Gasteiger partial charge in [-0.3, -0.25) is 0 Å². The molecule has 1 fully saturated rings. The number of benzene rings is 1. The molecule has 2 rings (SSSR count). The molecule has 1 N–H and O–H groups in total. The van der Waals surface area contributed by atoms with Crippen molar-refractivity contribution in [2.45, 2.75) is 32.7 Å². The van der Waals surface area contributed by atoms with Gasteiger partial charge in [0.15, 0.2) is 0 Å². The third-order valence-corrected chi connectivity index (χ3v) is 3.36. The summed E-state index contributed by atoms with van der Waals surface area (Å²) in [5.41, 5.74) is 1.06.